The van der Waals surface area contributed by atoms with Gasteiger partial charge in [-0.05, 0) is 18.9 Å². The van der Waals surface area contributed by atoms with Crippen LogP contribution in [0.3, 0.4) is 0 Å². The maximum atomic E-state index is 14.8. The van der Waals surface area contributed by atoms with Crippen LogP contribution in [0.25, 0.3) is 22.4 Å². The summed E-state index contributed by atoms with van der Waals surface area (Å²) < 4.78 is 18.3. The largest absolute Gasteiger partial charge is 0.389 e. The zero-order valence-electron chi connectivity index (χ0n) is 18.6. The summed E-state index contributed by atoms with van der Waals surface area (Å²) in [6.07, 6.45) is 6.32. The molecule has 4 heterocycles. The number of rotatable bonds is 5. The minimum atomic E-state index is -0.928. The Bertz CT molecular complexity index is 1360. The van der Waals surface area contributed by atoms with E-state index >= 15 is 0 Å². The van der Waals surface area contributed by atoms with Gasteiger partial charge in [-0.2, -0.15) is 5.10 Å². The van der Waals surface area contributed by atoms with Crippen molar-refractivity contribution in [2.24, 2.45) is 14.1 Å². The number of halogens is 1. The number of fused-ring (bicyclic) bond motifs is 1. The van der Waals surface area contributed by atoms with E-state index in [-0.39, 0.29) is 16.9 Å². The number of aromatic nitrogens is 6. The number of benzene rings is 1. The second-order valence-electron chi connectivity index (χ2n) is 8.84. The molecule has 1 aliphatic heterocycles. The topological polar surface area (TPSA) is 105 Å². The Labute approximate surface area is 189 Å². The lowest BCUT2D eigenvalue weighted by Crippen LogP contribution is -2.45. The average molecular weight is 452 g/mol. The highest BCUT2D eigenvalue weighted by atomic mass is 19.1. The Kier molecular flexibility index (Phi) is 5.34. The molecular formula is C23H26FN7O2. The fourth-order valence-corrected chi connectivity index (χ4v) is 4.57. The molecule has 1 aliphatic rings. The van der Waals surface area contributed by atoms with Gasteiger partial charge in [-0.1, -0.05) is 12.1 Å². The van der Waals surface area contributed by atoms with E-state index < -0.39 is 5.60 Å². The van der Waals surface area contributed by atoms with Crippen molar-refractivity contribution in [3.8, 4) is 11.4 Å². The van der Waals surface area contributed by atoms with Crippen molar-refractivity contribution in [2.75, 3.05) is 13.1 Å². The van der Waals surface area contributed by atoms with E-state index in [1.807, 2.05) is 29.9 Å². The van der Waals surface area contributed by atoms with E-state index in [4.69, 9.17) is 0 Å². The van der Waals surface area contributed by atoms with Crippen molar-refractivity contribution in [2.45, 2.75) is 31.4 Å². The van der Waals surface area contributed by atoms with Gasteiger partial charge in [-0.25, -0.2) is 14.4 Å². The summed E-state index contributed by atoms with van der Waals surface area (Å²) in [7, 11) is 3.64. The van der Waals surface area contributed by atoms with E-state index in [9.17, 15) is 14.3 Å². The number of piperidine rings is 1. The first-order chi connectivity index (χ1) is 15.8. The van der Waals surface area contributed by atoms with Gasteiger partial charge in [0.15, 0.2) is 5.52 Å². The van der Waals surface area contributed by atoms with Crippen molar-refractivity contribution in [1.29, 1.82) is 0 Å². The Morgan fingerprint density at radius 3 is 2.67 bits per heavy atom. The first kappa shape index (κ1) is 21.5. The highest BCUT2D eigenvalue weighted by molar-refractivity contribution is 5.75. The van der Waals surface area contributed by atoms with Crippen LogP contribution in [-0.4, -0.2) is 58.0 Å². The van der Waals surface area contributed by atoms with Gasteiger partial charge in [-0.3, -0.25) is 14.4 Å². The summed E-state index contributed by atoms with van der Waals surface area (Å²) in [6, 6.07) is 5.23. The quantitative estimate of drug-likeness (QED) is 0.479. The number of nitrogens with one attached hydrogen (secondary N) is 1. The number of aliphatic hydroxyl groups is 1. The van der Waals surface area contributed by atoms with Crippen LogP contribution in [0.1, 0.15) is 24.1 Å². The van der Waals surface area contributed by atoms with Crippen molar-refractivity contribution in [3.05, 3.63) is 64.3 Å². The SMILES string of the molecule is Cn1ccnc1-c1ccc(CN2CCC(O)(Cc3c4nc[nH]c(=O)c4nn3C)CC2)c(F)c1. The zero-order chi connectivity index (χ0) is 23.2. The molecule has 172 valence electrons. The zero-order valence-corrected chi connectivity index (χ0v) is 18.6. The fourth-order valence-electron chi connectivity index (χ4n) is 4.57. The molecule has 1 aromatic carbocycles. The van der Waals surface area contributed by atoms with Crippen LogP contribution in [0.15, 0.2) is 41.7 Å². The molecule has 2 N–H and O–H groups in total. The maximum absolute atomic E-state index is 14.8. The third-order valence-corrected chi connectivity index (χ3v) is 6.55. The number of hydrogen-bond donors (Lipinski definition) is 2. The Morgan fingerprint density at radius 2 is 1.97 bits per heavy atom. The number of hydrogen-bond acceptors (Lipinski definition) is 6. The van der Waals surface area contributed by atoms with Crippen LogP contribution in [0, 0.1) is 5.82 Å². The highest BCUT2D eigenvalue weighted by Gasteiger charge is 2.34. The monoisotopic (exact) mass is 451 g/mol. The highest BCUT2D eigenvalue weighted by Crippen LogP contribution is 2.29. The first-order valence-corrected chi connectivity index (χ1v) is 10.9. The third-order valence-electron chi connectivity index (χ3n) is 6.55. The molecule has 0 unspecified atom stereocenters. The van der Waals surface area contributed by atoms with Gasteiger partial charge < -0.3 is 14.7 Å². The van der Waals surface area contributed by atoms with Crippen LogP contribution < -0.4 is 5.56 Å². The predicted octanol–water partition coefficient (Wildman–Crippen LogP) is 1.77. The molecule has 1 saturated heterocycles. The average Bonchev–Trinajstić information content (AvgIpc) is 3.35. The predicted molar refractivity (Wildman–Crippen MR) is 121 cm³/mol. The number of likely N-dealkylation sites (tertiary alicyclic amines) is 1. The van der Waals surface area contributed by atoms with Gasteiger partial charge in [0.05, 0.1) is 17.6 Å². The van der Waals surface area contributed by atoms with Gasteiger partial charge in [-0.15, -0.1) is 0 Å². The Balaban J connectivity index is 1.26. The summed E-state index contributed by atoms with van der Waals surface area (Å²) in [5.41, 5.74) is 1.68. The summed E-state index contributed by atoms with van der Waals surface area (Å²) in [5.74, 6) is 0.469. The van der Waals surface area contributed by atoms with E-state index in [0.29, 0.717) is 50.0 Å². The minimum Gasteiger partial charge on any atom is -0.389 e. The molecule has 0 spiro atoms. The fraction of sp³-hybridized carbons (Fsp3) is 0.391. The van der Waals surface area contributed by atoms with Crippen LogP contribution in [0.4, 0.5) is 4.39 Å². The Hall–Kier alpha value is -3.37. The molecule has 33 heavy (non-hydrogen) atoms. The van der Waals surface area contributed by atoms with E-state index in [2.05, 4.69) is 25.0 Å². The standard InChI is InChI=1S/C23H26FN7O2/c1-29-10-7-25-21(29)15-3-4-16(17(24)11-15)13-31-8-5-23(33,6-9-31)12-18-19-20(28-30(18)2)22(32)27-14-26-19/h3-4,7,10-11,14,33H,5-6,8-9,12-13H2,1-2H3,(H,26,27,32). The lowest BCUT2D eigenvalue weighted by molar-refractivity contribution is -0.0236. The Morgan fingerprint density at radius 1 is 1.18 bits per heavy atom. The third kappa shape index (κ3) is 4.07. The van der Waals surface area contributed by atoms with Crippen molar-refractivity contribution in [1.82, 2.24) is 34.2 Å². The molecule has 9 nitrogen and oxygen atoms in total. The van der Waals surface area contributed by atoms with Gasteiger partial charge in [0, 0.05) is 63.7 Å². The second-order valence-corrected chi connectivity index (χ2v) is 8.84. The van der Waals surface area contributed by atoms with Gasteiger partial charge in [0.1, 0.15) is 17.2 Å². The number of nitrogens with zero attached hydrogens (tertiary/aromatic N) is 6. The second kappa shape index (κ2) is 8.20. The van der Waals surface area contributed by atoms with Crippen LogP contribution in [0.2, 0.25) is 0 Å². The van der Waals surface area contributed by atoms with Crippen LogP contribution in [0.5, 0.6) is 0 Å². The summed E-state index contributed by atoms with van der Waals surface area (Å²) in [4.78, 5) is 25.2. The summed E-state index contributed by atoms with van der Waals surface area (Å²) in [5, 5.41) is 15.5. The number of H-pyrrole nitrogens is 1. The smallest absolute Gasteiger partial charge is 0.279 e. The van der Waals surface area contributed by atoms with E-state index in [0.717, 1.165) is 17.1 Å². The molecule has 0 aliphatic carbocycles. The van der Waals surface area contributed by atoms with E-state index in [1.54, 1.807) is 17.9 Å². The van der Waals surface area contributed by atoms with Gasteiger partial charge in [0.25, 0.3) is 5.56 Å². The molecule has 1 fully saturated rings. The van der Waals surface area contributed by atoms with Crippen LogP contribution >= 0.6 is 0 Å². The van der Waals surface area contributed by atoms with Gasteiger partial charge >= 0.3 is 0 Å². The lowest BCUT2D eigenvalue weighted by Gasteiger charge is -2.38. The van der Waals surface area contributed by atoms with Crippen molar-refractivity contribution in [3.63, 3.8) is 0 Å². The molecule has 4 aromatic rings. The molecule has 3 aromatic heterocycles. The van der Waals surface area contributed by atoms with Gasteiger partial charge in [0.2, 0.25) is 0 Å². The van der Waals surface area contributed by atoms with E-state index in [1.165, 1.54) is 12.4 Å². The normalized spacial score (nSPS) is 16.5. The molecule has 0 radical (unpaired) electrons. The summed E-state index contributed by atoms with van der Waals surface area (Å²) in [6.45, 7) is 1.76. The molecule has 0 saturated carbocycles. The number of aromatic amines is 1. The minimum absolute atomic E-state index is 0.256. The van der Waals surface area contributed by atoms with Crippen molar-refractivity contribution < 1.29 is 9.50 Å². The number of imidazole rings is 1. The van der Waals surface area contributed by atoms with Crippen molar-refractivity contribution >= 4 is 11.0 Å². The van der Waals surface area contributed by atoms with Crippen LogP contribution in [-0.2, 0) is 27.1 Å². The lowest BCUT2D eigenvalue weighted by atomic mass is 9.86. The first-order valence-electron chi connectivity index (χ1n) is 10.9. The molecule has 5 rings (SSSR count). The number of aryl methyl sites for hydroxylation is 2. The molecule has 10 heteroatoms. The molecule has 0 amide bonds. The summed E-state index contributed by atoms with van der Waals surface area (Å²) >= 11 is 0. The molecular weight excluding hydrogens is 425 g/mol. The molecule has 0 atom stereocenters. The maximum Gasteiger partial charge on any atom is 0.279 e. The molecule has 0 bridgehead atoms.